The first kappa shape index (κ1) is 22.6. The number of carbonyl (C=O) groups excluding carboxylic acids is 1. The average molecular weight is 389 g/mol. The van der Waals surface area contributed by atoms with Gasteiger partial charge >= 0.3 is 13.5 Å². The molecule has 0 heterocycles. The highest BCUT2D eigenvalue weighted by Crippen LogP contribution is 2.55. The van der Waals surface area contributed by atoms with Gasteiger partial charge in [-0.3, -0.25) is 9.36 Å². The van der Waals surface area contributed by atoms with Gasteiger partial charge in [0.15, 0.2) is 0 Å². The van der Waals surface area contributed by atoms with Crippen molar-refractivity contribution >= 4 is 13.5 Å². The molecule has 0 saturated carbocycles. The maximum absolute atomic E-state index is 15.1. The van der Waals surface area contributed by atoms with Crippen LogP contribution in [0.5, 0.6) is 5.75 Å². The molecule has 2 unspecified atom stereocenters. The first-order valence-electron chi connectivity index (χ1n) is 8.56. The molecular weight excluding hydrogens is 360 g/mol. The van der Waals surface area contributed by atoms with Crippen molar-refractivity contribution in [2.24, 2.45) is 5.41 Å². The van der Waals surface area contributed by atoms with Crippen molar-refractivity contribution in [3.8, 4) is 5.75 Å². The summed E-state index contributed by atoms with van der Waals surface area (Å²) in [5.74, 6) is -2.27. The Kier molecular flexibility index (Phi) is 8.74. The Labute approximate surface area is 154 Å². The van der Waals surface area contributed by atoms with E-state index in [-0.39, 0.29) is 19.0 Å². The predicted octanol–water partition coefficient (Wildman–Crippen LogP) is 4.16. The monoisotopic (exact) mass is 389 g/mol. The second-order valence-corrected chi connectivity index (χ2v) is 9.10. The summed E-state index contributed by atoms with van der Waals surface area (Å²) in [4.78, 5) is 12.2. The van der Waals surface area contributed by atoms with Gasteiger partial charge in [-0.15, -0.1) is 0 Å². The summed E-state index contributed by atoms with van der Waals surface area (Å²) in [5, 5.41) is 2.55. The summed E-state index contributed by atoms with van der Waals surface area (Å²) in [5.41, 5.74) is -0.970. The van der Waals surface area contributed by atoms with Crippen molar-refractivity contribution < 1.29 is 27.7 Å². The number of alkyl halides is 1. The van der Waals surface area contributed by atoms with Crippen LogP contribution in [-0.4, -0.2) is 38.2 Å². The van der Waals surface area contributed by atoms with E-state index in [9.17, 15) is 9.36 Å². The summed E-state index contributed by atoms with van der Waals surface area (Å²) < 4.78 is 44.2. The smallest absolute Gasteiger partial charge is 0.351 e. The molecule has 0 amide bonds. The number of methoxy groups -OCH3 is 1. The van der Waals surface area contributed by atoms with Gasteiger partial charge in [0.2, 0.25) is 5.91 Å². The van der Waals surface area contributed by atoms with Gasteiger partial charge in [0.1, 0.15) is 11.8 Å². The molecule has 1 rings (SSSR count). The fraction of sp³-hybridized carbons (Fsp3) is 0.611. The van der Waals surface area contributed by atoms with E-state index >= 15 is 4.39 Å². The summed E-state index contributed by atoms with van der Waals surface area (Å²) in [6.45, 7) is 6.78. The highest BCUT2D eigenvalue weighted by molar-refractivity contribution is 7.58. The van der Waals surface area contributed by atoms with Crippen LogP contribution in [0, 0.1) is 5.41 Å². The van der Waals surface area contributed by atoms with Gasteiger partial charge < -0.3 is 14.0 Å². The lowest BCUT2D eigenvalue weighted by Crippen LogP contribution is -2.44. The zero-order valence-electron chi connectivity index (χ0n) is 16.0. The molecule has 0 bridgehead atoms. The minimum absolute atomic E-state index is 0.123. The van der Waals surface area contributed by atoms with E-state index in [1.807, 2.05) is 6.92 Å². The maximum atomic E-state index is 15.1. The Morgan fingerprint density at radius 3 is 2.38 bits per heavy atom. The third kappa shape index (κ3) is 6.71. The van der Waals surface area contributed by atoms with Crippen LogP contribution in [0.15, 0.2) is 30.3 Å². The van der Waals surface area contributed by atoms with Crippen LogP contribution >= 0.6 is 7.52 Å². The molecule has 0 spiro atoms. The number of esters is 1. The molecule has 26 heavy (non-hydrogen) atoms. The van der Waals surface area contributed by atoms with Crippen molar-refractivity contribution in [2.45, 2.75) is 46.1 Å². The third-order valence-corrected chi connectivity index (χ3v) is 5.92. The Bertz CT molecular complexity index is 605. The van der Waals surface area contributed by atoms with E-state index in [4.69, 9.17) is 14.0 Å². The number of hydrogen-bond donors (Lipinski definition) is 1. The highest BCUT2D eigenvalue weighted by atomic mass is 31.2. The zero-order valence-corrected chi connectivity index (χ0v) is 16.9. The lowest BCUT2D eigenvalue weighted by atomic mass is 9.99. The molecule has 1 aromatic carbocycles. The summed E-state index contributed by atoms with van der Waals surface area (Å²) in [6, 6.07) is 7.17. The van der Waals surface area contributed by atoms with E-state index in [1.165, 1.54) is 7.11 Å². The molecule has 148 valence electrons. The molecule has 8 heteroatoms. The molecule has 1 N–H and O–H groups in total. The number of nitrogens with one attached hydrogen (secondary N) is 1. The fourth-order valence-corrected chi connectivity index (χ4v) is 4.48. The van der Waals surface area contributed by atoms with Gasteiger partial charge in [-0.25, -0.2) is 9.48 Å². The number of ether oxygens (including phenoxy) is 2. The molecule has 1 aromatic rings. The van der Waals surface area contributed by atoms with Gasteiger partial charge in [0.05, 0.1) is 13.2 Å². The van der Waals surface area contributed by atoms with Crippen molar-refractivity contribution in [2.75, 3.05) is 20.3 Å². The van der Waals surface area contributed by atoms with Crippen molar-refractivity contribution in [3.05, 3.63) is 30.3 Å². The number of carbonyl (C=O) groups is 1. The van der Waals surface area contributed by atoms with E-state index < -0.39 is 30.9 Å². The first-order valence-corrected chi connectivity index (χ1v) is 10.2. The summed E-state index contributed by atoms with van der Waals surface area (Å²) in [7, 11) is -2.73. The Hall–Kier alpha value is -1.43. The van der Waals surface area contributed by atoms with E-state index in [2.05, 4.69) is 5.09 Å². The van der Waals surface area contributed by atoms with Crippen LogP contribution in [0.1, 0.15) is 34.1 Å². The van der Waals surface area contributed by atoms with Crippen molar-refractivity contribution in [1.82, 2.24) is 5.09 Å². The third-order valence-electron chi connectivity index (χ3n) is 3.40. The minimum atomic E-state index is -4.12. The molecule has 0 aliphatic rings. The SMILES string of the molecule is CCCOC(=O)[C@H](COC)NP(=O)(Oc1ccccc1)C(F)C(C)(C)C. The van der Waals surface area contributed by atoms with Crippen LogP contribution in [0.2, 0.25) is 0 Å². The Morgan fingerprint density at radius 2 is 1.88 bits per heavy atom. The van der Waals surface area contributed by atoms with Crippen LogP contribution in [0.3, 0.4) is 0 Å². The lowest BCUT2D eigenvalue weighted by molar-refractivity contribution is -0.147. The minimum Gasteiger partial charge on any atom is -0.464 e. The molecule has 0 aliphatic carbocycles. The Balaban J connectivity index is 3.13. The van der Waals surface area contributed by atoms with E-state index in [0.29, 0.717) is 6.42 Å². The standard InChI is InChI=1S/C18H29FNO5P/c1-6-12-24-16(21)15(13-23-5)20-26(22,17(19)18(2,3)4)25-14-10-8-7-9-11-14/h7-11,15,17H,6,12-13H2,1-5H3,(H,20,22)/t15-,17?,26?/m0/s1. The normalized spacial score (nSPS) is 16.4. The first-order chi connectivity index (χ1) is 12.1. The molecule has 3 atom stereocenters. The van der Waals surface area contributed by atoms with Gasteiger partial charge in [0, 0.05) is 12.5 Å². The topological polar surface area (TPSA) is 73.9 Å². The number of hydrogen-bond acceptors (Lipinski definition) is 5. The van der Waals surface area contributed by atoms with Crippen LogP contribution in [0.25, 0.3) is 0 Å². The largest absolute Gasteiger partial charge is 0.464 e. The predicted molar refractivity (Wildman–Crippen MR) is 99.1 cm³/mol. The number of benzene rings is 1. The maximum Gasteiger partial charge on any atom is 0.351 e. The molecular formula is C18H29FNO5P. The second kappa shape index (κ2) is 10.0. The van der Waals surface area contributed by atoms with E-state index in [1.54, 1.807) is 51.1 Å². The molecule has 0 aromatic heterocycles. The highest BCUT2D eigenvalue weighted by Gasteiger charge is 2.46. The van der Waals surface area contributed by atoms with Crippen molar-refractivity contribution in [3.63, 3.8) is 0 Å². The van der Waals surface area contributed by atoms with E-state index in [0.717, 1.165) is 0 Å². The van der Waals surface area contributed by atoms with Crippen LogP contribution in [-0.2, 0) is 18.8 Å². The van der Waals surface area contributed by atoms with Crippen LogP contribution in [0.4, 0.5) is 4.39 Å². The van der Waals surface area contributed by atoms with Gasteiger partial charge in [-0.2, -0.15) is 0 Å². The van der Waals surface area contributed by atoms with Gasteiger partial charge in [0.25, 0.3) is 0 Å². The fourth-order valence-electron chi connectivity index (χ4n) is 2.13. The molecule has 6 nitrogen and oxygen atoms in total. The molecule has 0 saturated heterocycles. The Morgan fingerprint density at radius 1 is 1.27 bits per heavy atom. The average Bonchev–Trinajstić information content (AvgIpc) is 2.58. The van der Waals surface area contributed by atoms with Crippen LogP contribution < -0.4 is 9.61 Å². The molecule has 0 radical (unpaired) electrons. The summed E-state index contributed by atoms with van der Waals surface area (Å²) in [6.07, 6.45) is 0.636. The second-order valence-electron chi connectivity index (χ2n) is 7.01. The zero-order chi connectivity index (χ0) is 19.8. The quantitative estimate of drug-likeness (QED) is 0.479. The number of halogens is 1. The molecule has 0 aliphatic heterocycles. The number of rotatable bonds is 10. The number of para-hydroxylation sites is 1. The molecule has 0 fully saturated rings. The lowest BCUT2D eigenvalue weighted by Gasteiger charge is -2.33. The summed E-state index contributed by atoms with van der Waals surface area (Å²) >= 11 is 0. The van der Waals surface area contributed by atoms with Gasteiger partial charge in [-0.05, 0) is 18.6 Å². The van der Waals surface area contributed by atoms with Crippen molar-refractivity contribution in [1.29, 1.82) is 0 Å². The van der Waals surface area contributed by atoms with Gasteiger partial charge in [-0.1, -0.05) is 45.9 Å².